The molecule has 1 heterocycles. The van der Waals surface area contributed by atoms with Gasteiger partial charge in [0, 0.05) is 12.1 Å². The molecule has 18 heavy (non-hydrogen) atoms. The van der Waals surface area contributed by atoms with Crippen molar-refractivity contribution in [2.75, 3.05) is 11.5 Å². The van der Waals surface area contributed by atoms with Crippen molar-refractivity contribution in [1.82, 2.24) is 5.32 Å². The Kier molecular flexibility index (Phi) is 3.70. The van der Waals surface area contributed by atoms with E-state index >= 15 is 0 Å². The fourth-order valence-electron chi connectivity index (χ4n) is 2.16. The van der Waals surface area contributed by atoms with Gasteiger partial charge in [0.15, 0.2) is 9.84 Å². The minimum Gasteiger partial charge on any atom is -0.390 e. The third-order valence-corrected chi connectivity index (χ3v) is 4.87. The van der Waals surface area contributed by atoms with Crippen LogP contribution in [0, 0.1) is 5.82 Å². The Hall–Kier alpha value is -0.980. The second-order valence-corrected chi connectivity index (χ2v) is 6.84. The molecule has 1 aliphatic heterocycles. The van der Waals surface area contributed by atoms with Gasteiger partial charge in [-0.25, -0.2) is 12.8 Å². The quantitative estimate of drug-likeness (QED) is 0.848. The summed E-state index contributed by atoms with van der Waals surface area (Å²) in [4.78, 5) is 0. The largest absolute Gasteiger partial charge is 0.390 e. The summed E-state index contributed by atoms with van der Waals surface area (Å²) in [5, 5.41) is 12.7. The van der Waals surface area contributed by atoms with Gasteiger partial charge in [-0.3, -0.25) is 0 Å². The van der Waals surface area contributed by atoms with Crippen LogP contribution in [-0.2, 0) is 9.84 Å². The summed E-state index contributed by atoms with van der Waals surface area (Å²) in [6.07, 6.45) is -0.877. The van der Waals surface area contributed by atoms with Crippen molar-refractivity contribution < 1.29 is 17.9 Å². The van der Waals surface area contributed by atoms with Crippen LogP contribution in [0.15, 0.2) is 24.3 Å². The number of nitrogens with one attached hydrogen (secondary N) is 1. The Balaban J connectivity index is 2.04. The molecule has 0 aliphatic carbocycles. The molecule has 1 aliphatic rings. The first-order valence-corrected chi connectivity index (χ1v) is 7.59. The lowest BCUT2D eigenvalue weighted by Gasteiger charge is -2.21. The monoisotopic (exact) mass is 273 g/mol. The summed E-state index contributed by atoms with van der Waals surface area (Å²) < 4.78 is 35.5. The summed E-state index contributed by atoms with van der Waals surface area (Å²) in [7, 11) is -3.15. The van der Waals surface area contributed by atoms with Crippen LogP contribution < -0.4 is 5.32 Å². The maximum Gasteiger partial charge on any atom is 0.154 e. The van der Waals surface area contributed by atoms with E-state index in [0.29, 0.717) is 0 Å². The average molecular weight is 273 g/mol. The van der Waals surface area contributed by atoms with E-state index in [-0.39, 0.29) is 23.4 Å². The number of hydrogen-bond acceptors (Lipinski definition) is 4. The van der Waals surface area contributed by atoms with Crippen molar-refractivity contribution in [3.8, 4) is 0 Å². The van der Waals surface area contributed by atoms with Crippen molar-refractivity contribution in [2.45, 2.75) is 25.1 Å². The minimum atomic E-state index is -3.15. The number of benzene rings is 1. The predicted molar refractivity (Wildman–Crippen MR) is 66.4 cm³/mol. The van der Waals surface area contributed by atoms with E-state index in [1.165, 1.54) is 12.1 Å². The highest BCUT2D eigenvalue weighted by atomic mass is 32.2. The van der Waals surface area contributed by atoms with Gasteiger partial charge in [0.2, 0.25) is 0 Å². The van der Waals surface area contributed by atoms with Crippen LogP contribution in [0.25, 0.3) is 0 Å². The van der Waals surface area contributed by atoms with Crippen LogP contribution >= 0.6 is 0 Å². The third kappa shape index (κ3) is 3.07. The van der Waals surface area contributed by atoms with Gasteiger partial charge in [-0.05, 0) is 24.6 Å². The molecule has 4 nitrogen and oxygen atoms in total. The molecule has 1 saturated heterocycles. The lowest BCUT2D eigenvalue weighted by atomic mass is 10.1. The maximum atomic E-state index is 12.8. The van der Waals surface area contributed by atoms with Crippen LogP contribution in [0.4, 0.5) is 4.39 Å². The number of rotatable bonds is 3. The second kappa shape index (κ2) is 4.95. The Morgan fingerprint density at radius 3 is 2.44 bits per heavy atom. The molecule has 0 bridgehead atoms. The van der Waals surface area contributed by atoms with Crippen molar-refractivity contribution in [3.63, 3.8) is 0 Å². The molecule has 0 amide bonds. The fourth-order valence-corrected chi connectivity index (χ4v) is 3.91. The minimum absolute atomic E-state index is 0.0559. The van der Waals surface area contributed by atoms with Crippen molar-refractivity contribution >= 4 is 9.84 Å². The standard InChI is InChI=1S/C12H16FNO3S/c1-8(9-2-4-10(13)5-3-9)14-11-6-18(16,17)7-12(11)15/h2-5,8,11-12,14-15H,6-7H2,1H3. The second-order valence-electron chi connectivity index (χ2n) is 4.69. The van der Waals surface area contributed by atoms with E-state index in [2.05, 4.69) is 5.32 Å². The van der Waals surface area contributed by atoms with Crippen LogP contribution in [0.2, 0.25) is 0 Å². The van der Waals surface area contributed by atoms with Gasteiger partial charge in [0.05, 0.1) is 17.6 Å². The molecule has 1 aromatic rings. The molecule has 3 unspecified atom stereocenters. The highest BCUT2D eigenvalue weighted by Crippen LogP contribution is 2.18. The number of halogens is 1. The van der Waals surface area contributed by atoms with Crippen LogP contribution in [0.1, 0.15) is 18.5 Å². The van der Waals surface area contributed by atoms with E-state index in [1.807, 2.05) is 6.92 Å². The predicted octanol–water partition coefficient (Wildman–Crippen LogP) is 0.634. The number of aliphatic hydroxyl groups is 1. The Morgan fingerprint density at radius 2 is 1.94 bits per heavy atom. The SMILES string of the molecule is CC(NC1CS(=O)(=O)CC1O)c1ccc(F)cc1. The van der Waals surface area contributed by atoms with E-state index < -0.39 is 22.0 Å². The van der Waals surface area contributed by atoms with Gasteiger partial charge < -0.3 is 10.4 Å². The number of aliphatic hydroxyl groups excluding tert-OH is 1. The van der Waals surface area contributed by atoms with Gasteiger partial charge in [-0.2, -0.15) is 0 Å². The molecule has 1 fully saturated rings. The molecular weight excluding hydrogens is 257 g/mol. The summed E-state index contributed by atoms with van der Waals surface area (Å²) in [6, 6.07) is 5.39. The Bertz CT molecular complexity index is 515. The molecule has 3 atom stereocenters. The fraction of sp³-hybridized carbons (Fsp3) is 0.500. The Morgan fingerprint density at radius 1 is 1.33 bits per heavy atom. The summed E-state index contributed by atoms with van der Waals surface area (Å²) in [5.41, 5.74) is 0.855. The highest BCUT2D eigenvalue weighted by Gasteiger charge is 2.36. The lowest BCUT2D eigenvalue weighted by molar-refractivity contribution is 0.160. The number of hydrogen-bond donors (Lipinski definition) is 2. The van der Waals surface area contributed by atoms with Crippen LogP contribution in [0.3, 0.4) is 0 Å². The van der Waals surface area contributed by atoms with Gasteiger partial charge in [-0.15, -0.1) is 0 Å². The zero-order chi connectivity index (χ0) is 13.3. The van der Waals surface area contributed by atoms with Crippen molar-refractivity contribution in [2.24, 2.45) is 0 Å². The zero-order valence-electron chi connectivity index (χ0n) is 10.0. The number of sulfone groups is 1. The van der Waals surface area contributed by atoms with E-state index in [1.54, 1.807) is 12.1 Å². The van der Waals surface area contributed by atoms with E-state index in [0.717, 1.165) is 5.56 Å². The lowest BCUT2D eigenvalue weighted by Crippen LogP contribution is -2.40. The summed E-state index contributed by atoms with van der Waals surface area (Å²) >= 11 is 0. The molecular formula is C12H16FNO3S. The first-order chi connectivity index (χ1) is 8.37. The highest BCUT2D eigenvalue weighted by molar-refractivity contribution is 7.91. The van der Waals surface area contributed by atoms with E-state index in [4.69, 9.17) is 0 Å². The first kappa shape index (κ1) is 13.5. The molecule has 2 rings (SSSR count). The van der Waals surface area contributed by atoms with Gasteiger partial charge in [-0.1, -0.05) is 12.1 Å². The third-order valence-electron chi connectivity index (χ3n) is 3.16. The molecule has 0 spiro atoms. The summed E-state index contributed by atoms with van der Waals surface area (Å²) in [5.74, 6) is -0.560. The molecule has 0 saturated carbocycles. The Labute approximate surface area is 106 Å². The molecule has 100 valence electrons. The van der Waals surface area contributed by atoms with Gasteiger partial charge in [0.1, 0.15) is 5.82 Å². The first-order valence-electron chi connectivity index (χ1n) is 5.77. The molecule has 1 aromatic carbocycles. The molecule has 6 heteroatoms. The van der Waals surface area contributed by atoms with E-state index in [9.17, 15) is 17.9 Å². The van der Waals surface area contributed by atoms with Gasteiger partial charge in [0.25, 0.3) is 0 Å². The molecule has 0 aromatic heterocycles. The van der Waals surface area contributed by atoms with Gasteiger partial charge >= 0.3 is 0 Å². The van der Waals surface area contributed by atoms with Crippen molar-refractivity contribution in [1.29, 1.82) is 0 Å². The smallest absolute Gasteiger partial charge is 0.154 e. The maximum absolute atomic E-state index is 12.8. The average Bonchev–Trinajstić information content (AvgIpc) is 2.52. The molecule has 0 radical (unpaired) electrons. The summed E-state index contributed by atoms with van der Waals surface area (Å²) in [6.45, 7) is 1.85. The van der Waals surface area contributed by atoms with Crippen molar-refractivity contribution in [3.05, 3.63) is 35.6 Å². The molecule has 2 N–H and O–H groups in total. The van der Waals surface area contributed by atoms with Crippen LogP contribution in [-0.4, -0.2) is 37.2 Å². The topological polar surface area (TPSA) is 66.4 Å². The normalized spacial score (nSPS) is 28.2. The van der Waals surface area contributed by atoms with Crippen LogP contribution in [0.5, 0.6) is 0 Å². The zero-order valence-corrected chi connectivity index (χ0v) is 10.8.